The largest absolute Gasteiger partial charge is 0.467 e. The van der Waals surface area contributed by atoms with Gasteiger partial charge in [-0.25, -0.2) is 0 Å². The first-order valence-corrected chi connectivity index (χ1v) is 8.23. The summed E-state index contributed by atoms with van der Waals surface area (Å²) in [6.45, 7) is 4.16. The number of halogens is 1. The fraction of sp³-hybridized carbons (Fsp3) is 0.333. The number of rotatable bonds is 7. The van der Waals surface area contributed by atoms with Crippen molar-refractivity contribution in [1.29, 1.82) is 0 Å². The molecule has 0 saturated heterocycles. The van der Waals surface area contributed by atoms with Gasteiger partial charge >= 0.3 is 0 Å². The van der Waals surface area contributed by atoms with E-state index in [0.29, 0.717) is 30.3 Å². The van der Waals surface area contributed by atoms with Gasteiger partial charge in [0.1, 0.15) is 11.8 Å². The lowest BCUT2D eigenvalue weighted by molar-refractivity contribution is -0.140. The highest BCUT2D eigenvalue weighted by molar-refractivity contribution is 6.30. The number of hydrogen-bond acceptors (Lipinski definition) is 3. The van der Waals surface area contributed by atoms with E-state index in [0.717, 1.165) is 5.56 Å². The molecular formula is C18H21ClN2O3. The van der Waals surface area contributed by atoms with Crippen molar-refractivity contribution < 1.29 is 14.0 Å². The highest BCUT2D eigenvalue weighted by atomic mass is 35.5. The highest BCUT2D eigenvalue weighted by Gasteiger charge is 2.25. The Morgan fingerprint density at radius 2 is 1.96 bits per heavy atom. The molecule has 0 radical (unpaired) electrons. The molecule has 0 fully saturated rings. The van der Waals surface area contributed by atoms with Gasteiger partial charge < -0.3 is 14.6 Å². The minimum absolute atomic E-state index is 0.0781. The lowest BCUT2D eigenvalue weighted by atomic mass is 10.1. The van der Waals surface area contributed by atoms with Crippen LogP contribution in [-0.2, 0) is 22.7 Å². The van der Waals surface area contributed by atoms with Crippen LogP contribution in [0.25, 0.3) is 0 Å². The Labute approximate surface area is 146 Å². The maximum Gasteiger partial charge on any atom is 0.242 e. The maximum atomic E-state index is 12.4. The van der Waals surface area contributed by atoms with Gasteiger partial charge in [0, 0.05) is 18.0 Å². The summed E-state index contributed by atoms with van der Waals surface area (Å²) >= 11 is 5.89. The molecule has 1 heterocycles. The smallest absolute Gasteiger partial charge is 0.242 e. The van der Waals surface area contributed by atoms with E-state index in [1.54, 1.807) is 49.3 Å². The first kappa shape index (κ1) is 18.1. The van der Waals surface area contributed by atoms with Crippen molar-refractivity contribution in [3.8, 4) is 0 Å². The summed E-state index contributed by atoms with van der Waals surface area (Å²) < 4.78 is 5.19. The van der Waals surface area contributed by atoms with Crippen molar-refractivity contribution in [2.24, 2.45) is 0 Å². The first-order valence-electron chi connectivity index (χ1n) is 7.85. The number of nitrogens with zero attached hydrogens (tertiary/aromatic N) is 1. The summed E-state index contributed by atoms with van der Waals surface area (Å²) in [5, 5.41) is 3.43. The third-order valence-electron chi connectivity index (χ3n) is 3.75. The number of hydrogen-bond donors (Lipinski definition) is 1. The number of carbonyl (C=O) groups excluding carboxylic acids is 2. The number of carbonyl (C=O) groups is 2. The Balaban J connectivity index is 2.03. The number of amides is 2. The molecular weight excluding hydrogens is 328 g/mol. The van der Waals surface area contributed by atoms with Crippen LogP contribution in [-0.4, -0.2) is 22.8 Å². The van der Waals surface area contributed by atoms with Crippen LogP contribution in [0, 0.1) is 0 Å². The van der Waals surface area contributed by atoms with Gasteiger partial charge in [-0.2, -0.15) is 0 Å². The Kier molecular flexibility index (Phi) is 6.44. The lowest BCUT2D eigenvalue weighted by Gasteiger charge is -2.28. The fourth-order valence-corrected chi connectivity index (χ4v) is 2.43. The molecule has 6 heteroatoms. The molecule has 1 atom stereocenters. The Bertz CT molecular complexity index is 668. The average molecular weight is 349 g/mol. The Morgan fingerprint density at radius 1 is 1.25 bits per heavy atom. The zero-order valence-electron chi connectivity index (χ0n) is 13.8. The van der Waals surface area contributed by atoms with Crippen molar-refractivity contribution >= 4 is 23.4 Å². The van der Waals surface area contributed by atoms with E-state index >= 15 is 0 Å². The SMILES string of the molecule is CCC(=O)N(Cc1ccc(Cl)cc1)[C@H](C)C(=O)NCc1ccco1. The zero-order chi connectivity index (χ0) is 17.5. The minimum Gasteiger partial charge on any atom is -0.467 e. The van der Waals surface area contributed by atoms with Gasteiger partial charge in [0.15, 0.2) is 0 Å². The molecule has 24 heavy (non-hydrogen) atoms. The Morgan fingerprint density at radius 3 is 2.54 bits per heavy atom. The summed E-state index contributed by atoms with van der Waals surface area (Å²) in [5.41, 5.74) is 0.923. The molecule has 0 aliphatic rings. The quantitative estimate of drug-likeness (QED) is 0.834. The van der Waals surface area contributed by atoms with E-state index in [2.05, 4.69) is 5.32 Å². The van der Waals surface area contributed by atoms with E-state index in [4.69, 9.17) is 16.0 Å². The normalized spacial score (nSPS) is 11.8. The molecule has 0 aliphatic heterocycles. The molecule has 2 amide bonds. The molecule has 0 saturated carbocycles. The second-order valence-electron chi connectivity index (χ2n) is 5.47. The molecule has 0 unspecified atom stereocenters. The minimum atomic E-state index is -0.580. The van der Waals surface area contributed by atoms with E-state index in [-0.39, 0.29) is 11.8 Å². The molecule has 2 aromatic rings. The molecule has 1 N–H and O–H groups in total. The number of furan rings is 1. The summed E-state index contributed by atoms with van der Waals surface area (Å²) in [6, 6.07) is 10.2. The van der Waals surface area contributed by atoms with Crippen LogP contribution in [0.2, 0.25) is 5.02 Å². The third kappa shape index (κ3) is 4.86. The second kappa shape index (κ2) is 8.55. The second-order valence-corrected chi connectivity index (χ2v) is 5.91. The van der Waals surface area contributed by atoms with E-state index < -0.39 is 6.04 Å². The van der Waals surface area contributed by atoms with Gasteiger partial charge in [-0.3, -0.25) is 9.59 Å². The number of nitrogens with one attached hydrogen (secondary N) is 1. The summed E-state index contributed by atoms with van der Waals surface area (Å²) in [7, 11) is 0. The van der Waals surface area contributed by atoms with Crippen molar-refractivity contribution in [2.75, 3.05) is 0 Å². The van der Waals surface area contributed by atoms with Crippen molar-refractivity contribution in [3.63, 3.8) is 0 Å². The van der Waals surface area contributed by atoms with Crippen molar-refractivity contribution in [1.82, 2.24) is 10.2 Å². The van der Waals surface area contributed by atoms with Crippen LogP contribution in [0.5, 0.6) is 0 Å². The summed E-state index contributed by atoms with van der Waals surface area (Å²) in [6.07, 6.45) is 1.89. The molecule has 5 nitrogen and oxygen atoms in total. The third-order valence-corrected chi connectivity index (χ3v) is 4.00. The van der Waals surface area contributed by atoms with Gasteiger partial charge in [0.25, 0.3) is 0 Å². The number of benzene rings is 1. The maximum absolute atomic E-state index is 12.4. The Hall–Kier alpha value is -2.27. The molecule has 1 aromatic heterocycles. The van der Waals surface area contributed by atoms with Gasteiger partial charge in [0.05, 0.1) is 12.8 Å². The van der Waals surface area contributed by atoms with Crippen LogP contribution in [0.15, 0.2) is 47.1 Å². The first-order chi connectivity index (χ1) is 11.5. The molecule has 2 rings (SSSR count). The van der Waals surface area contributed by atoms with Gasteiger partial charge in [-0.05, 0) is 36.8 Å². The van der Waals surface area contributed by atoms with Crippen LogP contribution >= 0.6 is 11.6 Å². The average Bonchev–Trinajstić information content (AvgIpc) is 3.11. The fourth-order valence-electron chi connectivity index (χ4n) is 2.31. The van der Waals surface area contributed by atoms with Crippen molar-refractivity contribution in [3.05, 3.63) is 59.0 Å². The molecule has 0 aliphatic carbocycles. The molecule has 0 bridgehead atoms. The standard InChI is InChI=1S/C18H21ClN2O3/c1-3-17(22)21(12-14-6-8-15(19)9-7-14)13(2)18(23)20-11-16-5-4-10-24-16/h4-10,13H,3,11-12H2,1-2H3,(H,20,23)/t13-/m1/s1. The van der Waals surface area contributed by atoms with Gasteiger partial charge in [-0.15, -0.1) is 0 Å². The predicted octanol–water partition coefficient (Wildman–Crippen LogP) is 3.38. The van der Waals surface area contributed by atoms with Crippen LogP contribution < -0.4 is 5.32 Å². The molecule has 128 valence electrons. The summed E-state index contributed by atoms with van der Waals surface area (Å²) in [4.78, 5) is 26.2. The van der Waals surface area contributed by atoms with Crippen LogP contribution in [0.3, 0.4) is 0 Å². The predicted molar refractivity (Wildman–Crippen MR) is 92.3 cm³/mol. The monoisotopic (exact) mass is 348 g/mol. The summed E-state index contributed by atoms with van der Waals surface area (Å²) in [5.74, 6) is 0.370. The van der Waals surface area contributed by atoms with E-state index in [9.17, 15) is 9.59 Å². The molecule has 1 aromatic carbocycles. The molecule has 0 spiro atoms. The van der Waals surface area contributed by atoms with Crippen LogP contribution in [0.1, 0.15) is 31.6 Å². The van der Waals surface area contributed by atoms with Crippen LogP contribution in [0.4, 0.5) is 0 Å². The van der Waals surface area contributed by atoms with Crippen molar-refractivity contribution in [2.45, 2.75) is 39.4 Å². The topological polar surface area (TPSA) is 62.6 Å². The van der Waals surface area contributed by atoms with E-state index in [1.165, 1.54) is 0 Å². The van der Waals surface area contributed by atoms with E-state index in [1.807, 2.05) is 12.1 Å². The van der Waals surface area contributed by atoms with Gasteiger partial charge in [0.2, 0.25) is 11.8 Å². The zero-order valence-corrected chi connectivity index (χ0v) is 14.5. The van der Waals surface area contributed by atoms with Gasteiger partial charge in [-0.1, -0.05) is 30.7 Å². The lowest BCUT2D eigenvalue weighted by Crippen LogP contribution is -2.47. The highest BCUT2D eigenvalue weighted by Crippen LogP contribution is 2.14.